The van der Waals surface area contributed by atoms with Crippen LogP contribution in [-0.2, 0) is 6.42 Å². The Hall–Kier alpha value is -3.58. The van der Waals surface area contributed by atoms with Gasteiger partial charge in [0.1, 0.15) is 5.75 Å². The minimum Gasteiger partial charge on any atom is -0.496 e. The predicted octanol–water partition coefficient (Wildman–Crippen LogP) is 5.21. The number of rotatable bonds is 8. The summed E-state index contributed by atoms with van der Waals surface area (Å²) < 4.78 is 17.3. The van der Waals surface area contributed by atoms with Gasteiger partial charge >= 0.3 is 0 Å². The van der Waals surface area contributed by atoms with Crippen LogP contribution in [0.15, 0.2) is 66.7 Å². The molecule has 3 aromatic carbocycles. The van der Waals surface area contributed by atoms with E-state index in [1.807, 2.05) is 42.5 Å². The van der Waals surface area contributed by atoms with Crippen molar-refractivity contribution in [3.05, 3.63) is 77.9 Å². The van der Waals surface area contributed by atoms with E-state index in [1.165, 1.54) is 18.4 Å². The van der Waals surface area contributed by atoms with E-state index in [9.17, 15) is 4.79 Å². The molecule has 0 fully saturated rings. The molecule has 0 atom stereocenters. The molecule has 164 valence electrons. The molecule has 0 bridgehead atoms. The topological polar surface area (TPSA) is 60.9 Å². The third-order valence-corrected chi connectivity index (χ3v) is 6.22. The van der Waals surface area contributed by atoms with Crippen LogP contribution in [0.25, 0.3) is 10.2 Å². The first kappa shape index (κ1) is 21.6. The molecule has 4 aromatic rings. The van der Waals surface area contributed by atoms with Crippen LogP contribution in [0, 0.1) is 0 Å². The quantitative estimate of drug-likeness (QED) is 0.370. The normalized spacial score (nSPS) is 10.7. The number of amides is 1. The zero-order valence-corrected chi connectivity index (χ0v) is 19.0. The SMILES string of the molecule is COc1cc(OC)c(C(=O)N(CCc2ccccc2)c2nc3ccccc3s2)cc1OC. The van der Waals surface area contributed by atoms with Crippen LogP contribution < -0.4 is 19.1 Å². The van der Waals surface area contributed by atoms with E-state index in [1.54, 1.807) is 31.3 Å². The van der Waals surface area contributed by atoms with Crippen molar-refractivity contribution < 1.29 is 19.0 Å². The van der Waals surface area contributed by atoms with Crippen molar-refractivity contribution in [1.29, 1.82) is 0 Å². The van der Waals surface area contributed by atoms with Crippen molar-refractivity contribution >= 4 is 32.6 Å². The fourth-order valence-corrected chi connectivity index (χ4v) is 4.48. The van der Waals surface area contributed by atoms with Crippen molar-refractivity contribution in [1.82, 2.24) is 4.98 Å². The second-order valence-corrected chi connectivity index (χ2v) is 8.07. The summed E-state index contributed by atoms with van der Waals surface area (Å²) in [6.45, 7) is 0.472. The number of methoxy groups -OCH3 is 3. The highest BCUT2D eigenvalue weighted by molar-refractivity contribution is 7.22. The predicted molar refractivity (Wildman–Crippen MR) is 128 cm³/mol. The molecule has 0 N–H and O–H groups in total. The lowest BCUT2D eigenvalue weighted by Gasteiger charge is -2.22. The molecule has 0 saturated heterocycles. The summed E-state index contributed by atoms with van der Waals surface area (Å²) in [5.41, 5.74) is 2.40. The van der Waals surface area contributed by atoms with Crippen LogP contribution in [0.2, 0.25) is 0 Å². The third-order valence-electron chi connectivity index (χ3n) is 5.16. The van der Waals surface area contributed by atoms with Crippen LogP contribution in [0.4, 0.5) is 5.13 Å². The Morgan fingerprint density at radius 3 is 2.22 bits per heavy atom. The number of hydrogen-bond donors (Lipinski definition) is 0. The number of nitrogens with zero attached hydrogens (tertiary/aromatic N) is 2. The minimum absolute atomic E-state index is 0.210. The zero-order valence-electron chi connectivity index (χ0n) is 18.2. The zero-order chi connectivity index (χ0) is 22.5. The second-order valence-electron chi connectivity index (χ2n) is 7.06. The summed E-state index contributed by atoms with van der Waals surface area (Å²) in [5.74, 6) is 1.16. The van der Waals surface area contributed by atoms with Crippen molar-refractivity contribution in [2.45, 2.75) is 6.42 Å². The first-order chi connectivity index (χ1) is 15.6. The van der Waals surface area contributed by atoms with E-state index in [0.717, 1.165) is 15.8 Å². The van der Waals surface area contributed by atoms with Crippen molar-refractivity contribution in [2.75, 3.05) is 32.8 Å². The maximum absolute atomic E-state index is 13.8. The van der Waals surface area contributed by atoms with Crippen LogP contribution in [0.1, 0.15) is 15.9 Å². The van der Waals surface area contributed by atoms with Gasteiger partial charge in [-0.25, -0.2) is 4.98 Å². The number of benzene rings is 3. The van der Waals surface area contributed by atoms with Gasteiger partial charge < -0.3 is 14.2 Å². The number of anilines is 1. The van der Waals surface area contributed by atoms with Crippen LogP contribution in [0.3, 0.4) is 0 Å². The summed E-state index contributed by atoms with van der Waals surface area (Å²) in [6.07, 6.45) is 0.693. The Balaban J connectivity index is 1.75. The number of ether oxygens (including phenoxy) is 3. The van der Waals surface area contributed by atoms with E-state index >= 15 is 0 Å². The monoisotopic (exact) mass is 448 g/mol. The van der Waals surface area contributed by atoms with E-state index in [0.29, 0.717) is 40.9 Å². The van der Waals surface area contributed by atoms with Crippen LogP contribution >= 0.6 is 11.3 Å². The molecule has 32 heavy (non-hydrogen) atoms. The molecule has 6 nitrogen and oxygen atoms in total. The lowest BCUT2D eigenvalue weighted by molar-refractivity contribution is 0.0984. The van der Waals surface area contributed by atoms with Crippen molar-refractivity contribution in [2.24, 2.45) is 0 Å². The molecule has 0 radical (unpaired) electrons. The second kappa shape index (κ2) is 9.70. The Labute approximate surface area is 191 Å². The fourth-order valence-electron chi connectivity index (χ4n) is 3.49. The number of hydrogen-bond acceptors (Lipinski definition) is 6. The van der Waals surface area contributed by atoms with Gasteiger partial charge in [-0.15, -0.1) is 0 Å². The lowest BCUT2D eigenvalue weighted by Crippen LogP contribution is -2.33. The Morgan fingerprint density at radius 1 is 0.875 bits per heavy atom. The molecule has 0 spiro atoms. The molecule has 0 aliphatic rings. The molecule has 0 aliphatic heterocycles. The Morgan fingerprint density at radius 2 is 1.53 bits per heavy atom. The number of carbonyl (C=O) groups is 1. The molecule has 4 rings (SSSR count). The number of aromatic nitrogens is 1. The largest absolute Gasteiger partial charge is 0.496 e. The Bertz CT molecular complexity index is 1190. The van der Waals surface area contributed by atoms with Gasteiger partial charge in [0.25, 0.3) is 5.91 Å². The molecule has 1 amide bonds. The van der Waals surface area contributed by atoms with Gasteiger partial charge in [0, 0.05) is 18.7 Å². The molecule has 0 unspecified atom stereocenters. The van der Waals surface area contributed by atoms with Gasteiger partial charge in [-0.05, 0) is 24.1 Å². The number of fused-ring (bicyclic) bond motifs is 1. The van der Waals surface area contributed by atoms with Gasteiger partial charge in [-0.1, -0.05) is 53.8 Å². The number of carbonyl (C=O) groups excluding carboxylic acids is 1. The molecule has 0 aliphatic carbocycles. The van der Waals surface area contributed by atoms with E-state index in [2.05, 4.69) is 12.1 Å². The summed E-state index contributed by atoms with van der Waals surface area (Å²) in [4.78, 5) is 20.2. The fraction of sp³-hybridized carbons (Fsp3) is 0.200. The summed E-state index contributed by atoms with van der Waals surface area (Å²) in [5, 5.41) is 0.643. The molecule has 0 saturated carbocycles. The van der Waals surface area contributed by atoms with Crippen molar-refractivity contribution in [3.63, 3.8) is 0 Å². The number of para-hydroxylation sites is 1. The smallest absolute Gasteiger partial charge is 0.263 e. The summed E-state index contributed by atoms with van der Waals surface area (Å²) >= 11 is 1.49. The van der Waals surface area contributed by atoms with Crippen LogP contribution in [-0.4, -0.2) is 38.8 Å². The first-order valence-corrected chi connectivity index (χ1v) is 11.0. The average Bonchev–Trinajstić information content (AvgIpc) is 3.27. The van der Waals surface area contributed by atoms with E-state index in [-0.39, 0.29) is 5.91 Å². The summed E-state index contributed by atoms with van der Waals surface area (Å²) in [6, 6.07) is 21.3. The van der Waals surface area contributed by atoms with Gasteiger partial charge in [0.15, 0.2) is 16.6 Å². The highest BCUT2D eigenvalue weighted by Crippen LogP contribution is 2.37. The number of thiazole rings is 1. The summed E-state index contributed by atoms with van der Waals surface area (Å²) in [7, 11) is 4.62. The van der Waals surface area contributed by atoms with Gasteiger partial charge in [0.2, 0.25) is 0 Å². The standard InChI is InChI=1S/C25H24N2O4S/c1-29-20-16-22(31-3)21(30-2)15-18(20)24(28)27(14-13-17-9-5-4-6-10-17)25-26-19-11-7-8-12-23(19)32-25/h4-12,15-16H,13-14H2,1-3H3. The first-order valence-electron chi connectivity index (χ1n) is 10.2. The average molecular weight is 449 g/mol. The Kier molecular flexibility index (Phi) is 6.56. The molecular formula is C25H24N2O4S. The van der Waals surface area contributed by atoms with Crippen LogP contribution in [0.5, 0.6) is 17.2 Å². The van der Waals surface area contributed by atoms with Crippen molar-refractivity contribution in [3.8, 4) is 17.2 Å². The van der Waals surface area contributed by atoms with E-state index in [4.69, 9.17) is 19.2 Å². The minimum atomic E-state index is -0.210. The van der Waals surface area contributed by atoms with Gasteiger partial charge in [0.05, 0.1) is 37.1 Å². The molecule has 1 aromatic heterocycles. The molecule has 1 heterocycles. The van der Waals surface area contributed by atoms with Gasteiger partial charge in [-0.3, -0.25) is 9.69 Å². The third kappa shape index (κ3) is 4.38. The molecular weight excluding hydrogens is 424 g/mol. The lowest BCUT2D eigenvalue weighted by atomic mass is 10.1. The molecule has 7 heteroatoms. The van der Waals surface area contributed by atoms with E-state index < -0.39 is 0 Å². The highest BCUT2D eigenvalue weighted by Gasteiger charge is 2.26. The highest BCUT2D eigenvalue weighted by atomic mass is 32.1. The maximum atomic E-state index is 13.8. The van der Waals surface area contributed by atoms with Gasteiger partial charge in [-0.2, -0.15) is 0 Å². The maximum Gasteiger partial charge on any atom is 0.263 e.